The van der Waals surface area contributed by atoms with Gasteiger partial charge in [0.2, 0.25) is 5.78 Å². The van der Waals surface area contributed by atoms with Crippen molar-refractivity contribution < 1.29 is 18.7 Å². The van der Waals surface area contributed by atoms with E-state index in [1.165, 1.54) is 32.4 Å². The number of carbonyl (C=O) groups is 1. The molecule has 6 heteroatoms. The van der Waals surface area contributed by atoms with Gasteiger partial charge in [-0.25, -0.2) is 4.39 Å². The second kappa shape index (κ2) is 6.45. The van der Waals surface area contributed by atoms with Gasteiger partial charge in [-0.05, 0) is 34.1 Å². The number of rotatable bonds is 4. The van der Waals surface area contributed by atoms with E-state index in [4.69, 9.17) is 21.1 Å². The summed E-state index contributed by atoms with van der Waals surface area (Å²) in [5.41, 5.74) is -0.00589. The van der Waals surface area contributed by atoms with Gasteiger partial charge >= 0.3 is 0 Å². The molecule has 3 nitrogen and oxygen atoms in total. The van der Waals surface area contributed by atoms with Crippen LogP contribution in [0.3, 0.4) is 0 Å². The molecule has 0 saturated carbocycles. The van der Waals surface area contributed by atoms with Crippen molar-refractivity contribution in [2.75, 3.05) is 14.2 Å². The van der Waals surface area contributed by atoms with E-state index in [0.717, 1.165) is 0 Å². The smallest absolute Gasteiger partial charge is 0.202 e. The summed E-state index contributed by atoms with van der Waals surface area (Å²) in [6.45, 7) is 0. The molecule has 0 bridgehead atoms. The Morgan fingerprint density at radius 1 is 1.19 bits per heavy atom. The Kier molecular flexibility index (Phi) is 4.85. The minimum Gasteiger partial charge on any atom is -0.497 e. The van der Waals surface area contributed by atoms with Gasteiger partial charge in [0.1, 0.15) is 17.3 Å². The zero-order valence-electron chi connectivity index (χ0n) is 11.2. The van der Waals surface area contributed by atoms with Crippen LogP contribution in [0.1, 0.15) is 15.9 Å². The monoisotopic (exact) mass is 372 g/mol. The zero-order chi connectivity index (χ0) is 15.6. The summed E-state index contributed by atoms with van der Waals surface area (Å²) in [5.74, 6) is -0.470. The van der Waals surface area contributed by atoms with E-state index in [2.05, 4.69) is 15.9 Å². The lowest BCUT2D eigenvalue weighted by Crippen LogP contribution is -2.08. The highest BCUT2D eigenvalue weighted by molar-refractivity contribution is 9.10. The number of hydrogen-bond donors (Lipinski definition) is 0. The molecule has 0 aliphatic carbocycles. The fraction of sp³-hybridized carbons (Fsp3) is 0.133. The zero-order valence-corrected chi connectivity index (χ0v) is 13.6. The van der Waals surface area contributed by atoms with Gasteiger partial charge in [0, 0.05) is 10.5 Å². The van der Waals surface area contributed by atoms with Crippen LogP contribution in [0.25, 0.3) is 0 Å². The molecule has 0 spiro atoms. The first-order valence-corrected chi connectivity index (χ1v) is 7.07. The van der Waals surface area contributed by atoms with Crippen LogP contribution in [-0.2, 0) is 0 Å². The van der Waals surface area contributed by atoms with E-state index in [1.54, 1.807) is 12.1 Å². The van der Waals surface area contributed by atoms with E-state index >= 15 is 0 Å². The average Bonchev–Trinajstić information content (AvgIpc) is 2.45. The Labute approximate surface area is 134 Å². The molecule has 0 fully saturated rings. The van der Waals surface area contributed by atoms with Crippen LogP contribution in [0.5, 0.6) is 11.5 Å². The molecule has 0 aliphatic heterocycles. The third kappa shape index (κ3) is 3.04. The van der Waals surface area contributed by atoms with Crippen LogP contribution in [0, 0.1) is 5.82 Å². The molecule has 2 aromatic rings. The van der Waals surface area contributed by atoms with Crippen LogP contribution >= 0.6 is 27.5 Å². The van der Waals surface area contributed by atoms with Crippen molar-refractivity contribution in [3.63, 3.8) is 0 Å². The number of halogens is 3. The highest BCUT2D eigenvalue weighted by atomic mass is 79.9. The molecular weight excluding hydrogens is 363 g/mol. The van der Waals surface area contributed by atoms with E-state index in [1.807, 2.05) is 0 Å². The van der Waals surface area contributed by atoms with Crippen LogP contribution < -0.4 is 9.47 Å². The van der Waals surface area contributed by atoms with Crippen LogP contribution in [0.2, 0.25) is 5.02 Å². The number of methoxy groups -OCH3 is 2. The van der Waals surface area contributed by atoms with Crippen molar-refractivity contribution in [3.05, 3.63) is 56.8 Å². The highest BCUT2D eigenvalue weighted by Gasteiger charge is 2.24. The van der Waals surface area contributed by atoms with Crippen molar-refractivity contribution in [1.29, 1.82) is 0 Å². The minimum atomic E-state index is -0.683. The van der Waals surface area contributed by atoms with Crippen molar-refractivity contribution in [3.8, 4) is 11.5 Å². The van der Waals surface area contributed by atoms with Gasteiger partial charge in [-0.2, -0.15) is 0 Å². The molecule has 0 heterocycles. The Bertz CT molecular complexity index is 683. The Morgan fingerprint density at radius 2 is 1.90 bits per heavy atom. The standard InChI is InChI=1S/C15H11BrClFO3/c1-20-8-6-9(16)13(12(7-8)21-2)15(19)14-10(17)4-3-5-11(14)18/h3-7H,1-2H3. The Hall–Kier alpha value is -1.59. The SMILES string of the molecule is COc1cc(Br)c(C(=O)c2c(F)cccc2Cl)c(OC)c1. The Balaban J connectivity index is 2.64. The fourth-order valence-electron chi connectivity index (χ4n) is 1.90. The molecule has 2 rings (SSSR count). The first kappa shape index (κ1) is 15.8. The van der Waals surface area contributed by atoms with E-state index in [0.29, 0.717) is 10.2 Å². The summed E-state index contributed by atoms with van der Waals surface area (Å²) in [6, 6.07) is 7.23. The molecule has 0 atom stereocenters. The third-order valence-corrected chi connectivity index (χ3v) is 3.84. The lowest BCUT2D eigenvalue weighted by molar-refractivity contribution is 0.103. The maximum absolute atomic E-state index is 13.9. The van der Waals surface area contributed by atoms with E-state index in [-0.39, 0.29) is 21.9 Å². The minimum absolute atomic E-state index is 0.0461. The normalized spacial score (nSPS) is 10.3. The summed E-state index contributed by atoms with van der Waals surface area (Å²) in [4.78, 5) is 12.6. The van der Waals surface area contributed by atoms with Gasteiger partial charge in [-0.15, -0.1) is 0 Å². The molecule has 0 aromatic heterocycles. The number of hydrogen-bond acceptors (Lipinski definition) is 3. The molecule has 0 N–H and O–H groups in total. The van der Waals surface area contributed by atoms with Crippen molar-refractivity contribution in [2.24, 2.45) is 0 Å². The second-order valence-corrected chi connectivity index (χ2v) is 5.37. The number of carbonyl (C=O) groups excluding carboxylic acids is 1. The molecule has 110 valence electrons. The predicted molar refractivity (Wildman–Crippen MR) is 82.1 cm³/mol. The van der Waals surface area contributed by atoms with Crippen LogP contribution in [-0.4, -0.2) is 20.0 Å². The van der Waals surface area contributed by atoms with Gasteiger partial charge in [-0.3, -0.25) is 4.79 Å². The van der Waals surface area contributed by atoms with Gasteiger partial charge in [0.05, 0.1) is 30.4 Å². The summed E-state index contributed by atoms with van der Waals surface area (Å²) in [5, 5.41) is 0.0461. The first-order chi connectivity index (χ1) is 9.99. The quantitative estimate of drug-likeness (QED) is 0.741. The lowest BCUT2D eigenvalue weighted by atomic mass is 10.0. The second-order valence-electron chi connectivity index (χ2n) is 4.11. The summed E-state index contributed by atoms with van der Waals surface area (Å²) in [7, 11) is 2.91. The van der Waals surface area contributed by atoms with Gasteiger partial charge in [0.15, 0.2) is 0 Å². The van der Waals surface area contributed by atoms with Crippen molar-refractivity contribution >= 4 is 33.3 Å². The number of ketones is 1. The van der Waals surface area contributed by atoms with Gasteiger partial charge in [0.25, 0.3) is 0 Å². The molecule has 0 aliphatic rings. The molecule has 0 saturated heterocycles. The van der Waals surface area contributed by atoms with Crippen molar-refractivity contribution in [2.45, 2.75) is 0 Å². The molecule has 21 heavy (non-hydrogen) atoms. The molecule has 0 unspecified atom stereocenters. The lowest BCUT2D eigenvalue weighted by Gasteiger charge is -2.13. The molecule has 0 amide bonds. The van der Waals surface area contributed by atoms with Crippen molar-refractivity contribution in [1.82, 2.24) is 0 Å². The number of ether oxygens (including phenoxy) is 2. The third-order valence-electron chi connectivity index (χ3n) is 2.90. The largest absolute Gasteiger partial charge is 0.497 e. The average molecular weight is 374 g/mol. The summed E-state index contributed by atoms with van der Waals surface area (Å²) >= 11 is 9.22. The highest BCUT2D eigenvalue weighted by Crippen LogP contribution is 2.35. The molecule has 0 radical (unpaired) electrons. The Morgan fingerprint density at radius 3 is 2.48 bits per heavy atom. The maximum atomic E-state index is 13.9. The predicted octanol–water partition coefficient (Wildman–Crippen LogP) is 4.49. The van der Waals surface area contributed by atoms with Gasteiger partial charge < -0.3 is 9.47 Å². The van der Waals surface area contributed by atoms with E-state index in [9.17, 15) is 9.18 Å². The van der Waals surface area contributed by atoms with Crippen LogP contribution in [0.15, 0.2) is 34.8 Å². The first-order valence-electron chi connectivity index (χ1n) is 5.89. The maximum Gasteiger partial charge on any atom is 0.202 e. The number of benzene rings is 2. The summed E-state index contributed by atoms with van der Waals surface area (Å²) < 4.78 is 24.6. The summed E-state index contributed by atoms with van der Waals surface area (Å²) in [6.07, 6.45) is 0. The van der Waals surface area contributed by atoms with E-state index < -0.39 is 11.6 Å². The topological polar surface area (TPSA) is 35.5 Å². The fourth-order valence-corrected chi connectivity index (χ4v) is 2.75. The molecule has 2 aromatic carbocycles. The van der Waals surface area contributed by atoms with Gasteiger partial charge in [-0.1, -0.05) is 17.7 Å². The molecular formula is C15H11BrClFO3. The van der Waals surface area contributed by atoms with Crippen LogP contribution in [0.4, 0.5) is 4.39 Å².